The Morgan fingerprint density at radius 1 is 1.32 bits per heavy atom. The first-order valence-corrected chi connectivity index (χ1v) is 7.87. The van der Waals surface area contributed by atoms with Crippen LogP contribution >= 0.6 is 31.9 Å². The molecule has 0 amide bonds. The molecule has 0 aliphatic rings. The van der Waals surface area contributed by atoms with E-state index in [0.29, 0.717) is 27.1 Å². The molecule has 2 rings (SSSR count). The summed E-state index contributed by atoms with van der Waals surface area (Å²) >= 11 is 6.65. The Balaban J connectivity index is 2.52. The van der Waals surface area contributed by atoms with Crippen molar-refractivity contribution in [3.05, 3.63) is 34.3 Å². The van der Waals surface area contributed by atoms with Crippen molar-refractivity contribution in [3.63, 3.8) is 0 Å². The third kappa shape index (κ3) is 3.23. The lowest BCUT2D eigenvalue weighted by Crippen LogP contribution is -2.09. The van der Waals surface area contributed by atoms with Crippen LogP contribution in [0.5, 0.6) is 0 Å². The SMILES string of the molecule is CC(C)Cn1c(CBr)nnc1-c1ccc(Br)cc1F. The molecule has 6 heteroatoms. The number of benzene rings is 1. The summed E-state index contributed by atoms with van der Waals surface area (Å²) in [5, 5.41) is 8.85. The first-order valence-electron chi connectivity index (χ1n) is 5.96. The number of aromatic nitrogens is 3. The van der Waals surface area contributed by atoms with E-state index in [1.165, 1.54) is 6.07 Å². The maximum atomic E-state index is 14.0. The Labute approximate surface area is 128 Å². The standard InChI is InChI=1S/C13H14Br2FN3/c1-8(2)7-19-12(6-14)17-18-13(19)10-4-3-9(15)5-11(10)16/h3-5,8H,6-7H2,1-2H3. The number of nitrogens with zero attached hydrogens (tertiary/aromatic N) is 3. The molecule has 102 valence electrons. The van der Waals surface area contributed by atoms with Gasteiger partial charge in [-0.1, -0.05) is 45.7 Å². The van der Waals surface area contributed by atoms with Gasteiger partial charge in [-0.15, -0.1) is 10.2 Å². The summed E-state index contributed by atoms with van der Waals surface area (Å²) in [5.74, 6) is 1.53. The maximum Gasteiger partial charge on any atom is 0.166 e. The minimum Gasteiger partial charge on any atom is -0.310 e. The highest BCUT2D eigenvalue weighted by Gasteiger charge is 2.17. The quantitative estimate of drug-likeness (QED) is 0.724. The molecule has 1 aromatic carbocycles. The Morgan fingerprint density at radius 3 is 2.63 bits per heavy atom. The van der Waals surface area contributed by atoms with Gasteiger partial charge in [-0.2, -0.15) is 0 Å². The Kier molecular flexibility index (Phi) is 4.73. The van der Waals surface area contributed by atoms with Gasteiger partial charge in [0, 0.05) is 11.0 Å². The Morgan fingerprint density at radius 2 is 2.05 bits per heavy atom. The zero-order chi connectivity index (χ0) is 14.0. The van der Waals surface area contributed by atoms with Crippen molar-refractivity contribution >= 4 is 31.9 Å². The fourth-order valence-electron chi connectivity index (χ4n) is 1.86. The fraction of sp³-hybridized carbons (Fsp3) is 0.385. The predicted molar refractivity (Wildman–Crippen MR) is 80.6 cm³/mol. The lowest BCUT2D eigenvalue weighted by atomic mass is 10.1. The van der Waals surface area contributed by atoms with Gasteiger partial charge in [-0.3, -0.25) is 0 Å². The van der Waals surface area contributed by atoms with Crippen molar-refractivity contribution < 1.29 is 4.39 Å². The Hall–Kier alpha value is -0.750. The van der Waals surface area contributed by atoms with Crippen LogP contribution in [-0.4, -0.2) is 14.8 Å². The predicted octanol–water partition coefficient (Wildman–Crippen LogP) is 4.40. The van der Waals surface area contributed by atoms with Crippen LogP contribution in [0.25, 0.3) is 11.4 Å². The molecule has 1 aromatic heterocycles. The first-order chi connectivity index (χ1) is 9.02. The van der Waals surface area contributed by atoms with Gasteiger partial charge in [0.15, 0.2) is 5.82 Å². The summed E-state index contributed by atoms with van der Waals surface area (Å²) in [6, 6.07) is 4.97. The molecule has 0 atom stereocenters. The van der Waals surface area contributed by atoms with E-state index >= 15 is 0 Å². The first kappa shape index (κ1) is 14.7. The van der Waals surface area contributed by atoms with Gasteiger partial charge in [-0.05, 0) is 24.1 Å². The summed E-state index contributed by atoms with van der Waals surface area (Å²) < 4.78 is 16.7. The normalized spacial score (nSPS) is 11.3. The fourth-order valence-corrected chi connectivity index (χ4v) is 2.61. The molecular weight excluding hydrogens is 377 g/mol. The van der Waals surface area contributed by atoms with Crippen LogP contribution < -0.4 is 0 Å². The van der Waals surface area contributed by atoms with E-state index in [1.54, 1.807) is 12.1 Å². The molecular formula is C13H14Br2FN3. The summed E-state index contributed by atoms with van der Waals surface area (Å²) in [5.41, 5.74) is 0.476. The van der Waals surface area contributed by atoms with Gasteiger partial charge >= 0.3 is 0 Å². The van der Waals surface area contributed by atoms with E-state index in [4.69, 9.17) is 0 Å². The highest BCUT2D eigenvalue weighted by Crippen LogP contribution is 2.26. The van der Waals surface area contributed by atoms with Crippen LogP contribution in [-0.2, 0) is 11.9 Å². The molecule has 0 saturated heterocycles. The van der Waals surface area contributed by atoms with Crippen molar-refractivity contribution in [1.29, 1.82) is 0 Å². The van der Waals surface area contributed by atoms with E-state index in [-0.39, 0.29) is 5.82 Å². The topological polar surface area (TPSA) is 30.7 Å². The van der Waals surface area contributed by atoms with Crippen LogP contribution in [0.2, 0.25) is 0 Å². The number of rotatable bonds is 4. The van der Waals surface area contributed by atoms with Crippen molar-refractivity contribution in [3.8, 4) is 11.4 Å². The molecule has 0 aliphatic heterocycles. The van der Waals surface area contributed by atoms with Crippen LogP contribution in [0.4, 0.5) is 4.39 Å². The average Bonchev–Trinajstić information content (AvgIpc) is 2.71. The zero-order valence-corrected chi connectivity index (χ0v) is 13.9. The van der Waals surface area contributed by atoms with Crippen molar-refractivity contribution in [2.24, 2.45) is 5.92 Å². The number of halogens is 3. The second-order valence-electron chi connectivity index (χ2n) is 4.70. The highest BCUT2D eigenvalue weighted by atomic mass is 79.9. The number of hydrogen-bond acceptors (Lipinski definition) is 2. The molecule has 1 heterocycles. The molecule has 0 unspecified atom stereocenters. The van der Waals surface area contributed by atoms with Gasteiger partial charge in [0.05, 0.1) is 10.9 Å². The third-order valence-electron chi connectivity index (χ3n) is 2.67. The van der Waals surface area contributed by atoms with Gasteiger partial charge in [0.2, 0.25) is 0 Å². The van der Waals surface area contributed by atoms with Crippen LogP contribution in [0.15, 0.2) is 22.7 Å². The second-order valence-corrected chi connectivity index (χ2v) is 6.18. The average molecular weight is 391 g/mol. The van der Waals surface area contributed by atoms with Crippen molar-refractivity contribution in [1.82, 2.24) is 14.8 Å². The molecule has 0 aliphatic carbocycles. The molecule has 19 heavy (non-hydrogen) atoms. The maximum absolute atomic E-state index is 14.0. The van der Waals surface area contributed by atoms with E-state index in [0.717, 1.165) is 12.4 Å². The molecule has 0 radical (unpaired) electrons. The van der Waals surface area contributed by atoms with Crippen LogP contribution in [0.1, 0.15) is 19.7 Å². The summed E-state index contributed by atoms with van der Waals surface area (Å²) in [6.45, 7) is 4.98. The third-order valence-corrected chi connectivity index (χ3v) is 3.66. The molecule has 0 spiro atoms. The summed E-state index contributed by atoms with van der Waals surface area (Å²) in [7, 11) is 0. The molecule has 0 saturated carbocycles. The largest absolute Gasteiger partial charge is 0.310 e. The lowest BCUT2D eigenvalue weighted by molar-refractivity contribution is 0.514. The van der Waals surface area contributed by atoms with Gasteiger partial charge in [0.25, 0.3) is 0 Å². The van der Waals surface area contributed by atoms with E-state index < -0.39 is 0 Å². The smallest absolute Gasteiger partial charge is 0.166 e. The number of alkyl halides is 1. The summed E-state index contributed by atoms with van der Waals surface area (Å²) in [4.78, 5) is 0. The zero-order valence-electron chi connectivity index (χ0n) is 10.7. The molecule has 0 fully saturated rings. The van der Waals surface area contributed by atoms with E-state index in [2.05, 4.69) is 55.9 Å². The van der Waals surface area contributed by atoms with E-state index in [9.17, 15) is 4.39 Å². The van der Waals surface area contributed by atoms with Crippen molar-refractivity contribution in [2.45, 2.75) is 25.7 Å². The number of hydrogen-bond donors (Lipinski definition) is 0. The summed E-state index contributed by atoms with van der Waals surface area (Å²) in [6.07, 6.45) is 0. The molecule has 3 nitrogen and oxygen atoms in total. The lowest BCUT2D eigenvalue weighted by Gasteiger charge is -2.12. The molecule has 2 aromatic rings. The monoisotopic (exact) mass is 389 g/mol. The van der Waals surface area contributed by atoms with E-state index in [1.807, 2.05) is 4.57 Å². The van der Waals surface area contributed by atoms with Crippen LogP contribution in [0, 0.1) is 11.7 Å². The van der Waals surface area contributed by atoms with Crippen LogP contribution in [0.3, 0.4) is 0 Å². The Bertz CT molecular complexity index is 581. The highest BCUT2D eigenvalue weighted by molar-refractivity contribution is 9.10. The second kappa shape index (κ2) is 6.13. The van der Waals surface area contributed by atoms with Gasteiger partial charge in [-0.25, -0.2) is 4.39 Å². The minimum atomic E-state index is -0.298. The molecule has 0 N–H and O–H groups in total. The minimum absolute atomic E-state index is 0.298. The van der Waals surface area contributed by atoms with Gasteiger partial charge < -0.3 is 4.57 Å². The van der Waals surface area contributed by atoms with Gasteiger partial charge in [0.1, 0.15) is 11.6 Å². The molecule has 0 bridgehead atoms. The van der Waals surface area contributed by atoms with Crippen molar-refractivity contribution in [2.75, 3.05) is 0 Å².